The average Bonchev–Trinajstić information content (AvgIpc) is 3.47. The van der Waals surface area contributed by atoms with Gasteiger partial charge in [0.1, 0.15) is 48.8 Å². The molecule has 0 bridgehead atoms. The lowest BCUT2D eigenvalue weighted by molar-refractivity contribution is -0.359. The first-order chi connectivity index (χ1) is 38.6. The van der Waals surface area contributed by atoms with E-state index in [-0.39, 0.29) is 18.9 Å². The molecule has 14 nitrogen and oxygen atoms in total. The molecule has 12 unspecified atom stereocenters. The molecule has 0 spiro atoms. The number of nitrogens with one attached hydrogen (secondary N) is 1. The number of rotatable bonds is 51. The summed E-state index contributed by atoms with van der Waals surface area (Å²) in [5.41, 5.74) is 0. The van der Waals surface area contributed by atoms with E-state index in [1.807, 2.05) is 6.08 Å². The maximum atomic E-state index is 13.3. The lowest BCUT2D eigenvalue weighted by Crippen LogP contribution is -2.65. The van der Waals surface area contributed by atoms with Gasteiger partial charge in [0, 0.05) is 6.42 Å². The van der Waals surface area contributed by atoms with E-state index in [2.05, 4.69) is 67.8 Å². The second kappa shape index (κ2) is 50.2. The molecule has 0 aliphatic carbocycles. The zero-order valence-electron chi connectivity index (χ0n) is 49.6. The molecule has 0 radical (unpaired) electrons. The van der Waals surface area contributed by atoms with Gasteiger partial charge in [-0.15, -0.1) is 0 Å². The highest BCUT2D eigenvalue weighted by Crippen LogP contribution is 2.30. The van der Waals surface area contributed by atoms with Gasteiger partial charge >= 0.3 is 0 Å². The Bertz CT molecular complexity index is 1560. The SMILES string of the molecule is CC/C=C\C/C=C\C/C=C\CCCCCCCCCC(=O)NC(COC1OC(CO)C(OC2OC(CO)C(O)C(O)C2O)C(O)C1O)C(O)/C=C/CC/C=C/CCCCCCCCCCCCCCCCCCCCCCCC. The normalized spacial score (nSPS) is 24.8. The maximum absolute atomic E-state index is 13.3. The molecule has 2 fully saturated rings. The molecule has 2 saturated heterocycles. The number of aliphatic hydroxyl groups excluding tert-OH is 8. The van der Waals surface area contributed by atoms with Gasteiger partial charge in [0.25, 0.3) is 0 Å². The Balaban J connectivity index is 1.73. The van der Waals surface area contributed by atoms with E-state index in [0.717, 1.165) is 70.6 Å². The molecule has 2 aliphatic heterocycles. The Morgan fingerprint density at radius 3 is 1.39 bits per heavy atom. The van der Waals surface area contributed by atoms with Crippen molar-refractivity contribution in [3.8, 4) is 0 Å². The van der Waals surface area contributed by atoms with Crippen molar-refractivity contribution >= 4 is 5.91 Å². The summed E-state index contributed by atoms with van der Waals surface area (Å²) in [5.74, 6) is -0.259. The molecule has 2 aliphatic rings. The summed E-state index contributed by atoms with van der Waals surface area (Å²) >= 11 is 0. The summed E-state index contributed by atoms with van der Waals surface area (Å²) in [4.78, 5) is 13.3. The predicted molar refractivity (Wildman–Crippen MR) is 318 cm³/mol. The Morgan fingerprint density at radius 2 is 0.886 bits per heavy atom. The van der Waals surface area contributed by atoms with Crippen molar-refractivity contribution in [1.29, 1.82) is 0 Å². The molecule has 79 heavy (non-hydrogen) atoms. The highest BCUT2D eigenvalue weighted by molar-refractivity contribution is 5.76. The van der Waals surface area contributed by atoms with Crippen molar-refractivity contribution in [3.05, 3.63) is 60.8 Å². The number of carbonyl (C=O) groups is 1. The second-order valence-corrected chi connectivity index (χ2v) is 22.5. The third-order valence-corrected chi connectivity index (χ3v) is 15.4. The van der Waals surface area contributed by atoms with Gasteiger partial charge < -0.3 is 65.1 Å². The lowest BCUT2D eigenvalue weighted by Gasteiger charge is -2.46. The molecule has 0 aromatic heterocycles. The minimum atomic E-state index is -1.79. The van der Waals surface area contributed by atoms with E-state index in [9.17, 15) is 45.6 Å². The largest absolute Gasteiger partial charge is 0.394 e. The fourth-order valence-corrected chi connectivity index (χ4v) is 10.3. The summed E-state index contributed by atoms with van der Waals surface area (Å²) in [6.45, 7) is 2.68. The van der Waals surface area contributed by atoms with Crippen LogP contribution in [0.15, 0.2) is 60.8 Å². The van der Waals surface area contributed by atoms with E-state index in [0.29, 0.717) is 12.8 Å². The van der Waals surface area contributed by atoms with Gasteiger partial charge in [0.05, 0.1) is 32.0 Å². The van der Waals surface area contributed by atoms with E-state index < -0.39 is 86.8 Å². The van der Waals surface area contributed by atoms with Gasteiger partial charge in [-0.1, -0.05) is 242 Å². The van der Waals surface area contributed by atoms with Crippen molar-refractivity contribution in [2.45, 2.75) is 325 Å². The zero-order chi connectivity index (χ0) is 57.4. The van der Waals surface area contributed by atoms with Crippen LogP contribution in [0.4, 0.5) is 0 Å². The van der Waals surface area contributed by atoms with Crippen LogP contribution in [-0.4, -0.2) is 140 Å². The van der Waals surface area contributed by atoms with Crippen LogP contribution in [0.2, 0.25) is 0 Å². The zero-order valence-corrected chi connectivity index (χ0v) is 49.6. The Labute approximate surface area is 479 Å². The summed E-state index contributed by atoms with van der Waals surface area (Å²) in [6.07, 6.45) is 48.5. The molecular formula is C65H117NO13. The Kier molecular flexibility index (Phi) is 46.3. The Morgan fingerprint density at radius 1 is 0.468 bits per heavy atom. The number of hydrogen-bond donors (Lipinski definition) is 9. The van der Waals surface area contributed by atoms with Crippen molar-refractivity contribution in [3.63, 3.8) is 0 Å². The van der Waals surface area contributed by atoms with Gasteiger partial charge in [0.15, 0.2) is 12.6 Å². The molecule has 1 amide bonds. The van der Waals surface area contributed by atoms with Crippen LogP contribution in [-0.2, 0) is 23.7 Å². The van der Waals surface area contributed by atoms with Crippen LogP contribution in [0.1, 0.15) is 251 Å². The number of hydrogen-bond acceptors (Lipinski definition) is 13. The minimum absolute atomic E-state index is 0.259. The number of aliphatic hydroxyl groups is 8. The van der Waals surface area contributed by atoms with Gasteiger partial charge in [-0.05, 0) is 64.2 Å². The molecule has 0 aromatic carbocycles. The van der Waals surface area contributed by atoms with Gasteiger partial charge in [-0.25, -0.2) is 0 Å². The lowest BCUT2D eigenvalue weighted by atomic mass is 9.97. The number of carbonyl (C=O) groups excluding carboxylic acids is 1. The van der Waals surface area contributed by atoms with Gasteiger partial charge in [0.2, 0.25) is 5.91 Å². The first-order valence-corrected chi connectivity index (χ1v) is 32.0. The fraction of sp³-hybridized carbons (Fsp3) is 0.831. The fourth-order valence-electron chi connectivity index (χ4n) is 10.3. The monoisotopic (exact) mass is 1120 g/mol. The molecular weight excluding hydrogens is 1000 g/mol. The van der Waals surface area contributed by atoms with Crippen molar-refractivity contribution < 1.29 is 64.6 Å². The second-order valence-electron chi connectivity index (χ2n) is 22.5. The summed E-state index contributed by atoms with van der Waals surface area (Å²) in [5, 5.41) is 87.2. The van der Waals surface area contributed by atoms with Crippen LogP contribution in [0.25, 0.3) is 0 Å². The van der Waals surface area contributed by atoms with Crippen molar-refractivity contribution in [2.24, 2.45) is 0 Å². The van der Waals surface area contributed by atoms with Crippen LogP contribution in [0, 0.1) is 0 Å². The van der Waals surface area contributed by atoms with Crippen molar-refractivity contribution in [2.75, 3.05) is 19.8 Å². The Hall–Kier alpha value is -2.31. The van der Waals surface area contributed by atoms with E-state index in [4.69, 9.17) is 18.9 Å². The first-order valence-electron chi connectivity index (χ1n) is 32.0. The minimum Gasteiger partial charge on any atom is -0.394 e. The summed E-state index contributed by atoms with van der Waals surface area (Å²) in [6, 6.07) is -0.940. The van der Waals surface area contributed by atoms with E-state index >= 15 is 0 Å². The third-order valence-electron chi connectivity index (χ3n) is 15.4. The molecule has 460 valence electrons. The quantitative estimate of drug-likeness (QED) is 0.0204. The first kappa shape index (κ1) is 72.8. The standard InChI is InChI=1S/C65H117NO13/c1-3-5-7-9-11-13-15-17-19-21-22-23-24-25-26-27-28-29-30-31-33-34-36-38-40-42-44-46-48-54(69)53(66-57(70)49-47-45-43-41-39-37-35-32-20-18-16-14-12-10-8-6-4-2)52-76-64-62(75)60(73)63(56(51-68)78-64)79-65-61(74)59(72)58(71)55(50-67)77-65/h6,8,12,14,18,20,38,40,46,48,53-56,58-65,67-69,71-75H,3-5,7,9-11,13,15-17,19,21-37,39,41-45,47,49-52H2,1-2H3,(H,66,70)/b8-6-,14-12-,20-18-,40-38+,48-46+. The molecule has 12 atom stereocenters. The van der Waals surface area contributed by atoms with E-state index in [1.54, 1.807) is 6.08 Å². The topological polar surface area (TPSA) is 228 Å². The molecule has 0 aromatic rings. The van der Waals surface area contributed by atoms with Gasteiger partial charge in [-0.2, -0.15) is 0 Å². The average molecular weight is 1120 g/mol. The van der Waals surface area contributed by atoms with Crippen molar-refractivity contribution in [1.82, 2.24) is 5.32 Å². The van der Waals surface area contributed by atoms with E-state index in [1.165, 1.54) is 148 Å². The van der Waals surface area contributed by atoms with Crippen LogP contribution in [0.3, 0.4) is 0 Å². The smallest absolute Gasteiger partial charge is 0.220 e. The van der Waals surface area contributed by atoms with Crippen LogP contribution < -0.4 is 5.32 Å². The molecule has 14 heteroatoms. The van der Waals surface area contributed by atoms with Crippen LogP contribution in [0.5, 0.6) is 0 Å². The number of ether oxygens (including phenoxy) is 4. The highest BCUT2D eigenvalue weighted by Gasteiger charge is 2.51. The number of allylic oxidation sites excluding steroid dienone is 9. The third kappa shape index (κ3) is 35.4. The molecule has 9 N–H and O–H groups in total. The summed E-state index contributed by atoms with van der Waals surface area (Å²) < 4.78 is 22.8. The van der Waals surface area contributed by atoms with Crippen LogP contribution >= 0.6 is 0 Å². The molecule has 0 saturated carbocycles. The number of unbranched alkanes of at least 4 members (excludes halogenated alkanes) is 30. The molecule has 2 heterocycles. The van der Waals surface area contributed by atoms with Gasteiger partial charge in [-0.3, -0.25) is 4.79 Å². The molecule has 2 rings (SSSR count). The summed E-state index contributed by atoms with van der Waals surface area (Å²) in [7, 11) is 0. The highest BCUT2D eigenvalue weighted by atomic mass is 16.7. The number of amides is 1. The predicted octanol–water partition coefficient (Wildman–Crippen LogP) is 11.7. The maximum Gasteiger partial charge on any atom is 0.220 e.